The minimum Gasteiger partial charge on any atom is -0.291 e. The molecule has 1 fully saturated rings. The van der Waals surface area contributed by atoms with Gasteiger partial charge in [-0.05, 0) is 36.1 Å². The van der Waals surface area contributed by atoms with Crippen LogP contribution in [0.1, 0.15) is 25.8 Å². The van der Waals surface area contributed by atoms with Crippen molar-refractivity contribution in [1.29, 1.82) is 0 Å². The van der Waals surface area contributed by atoms with Gasteiger partial charge >= 0.3 is 0 Å². The molecule has 0 aromatic heterocycles. The first-order valence-electron chi connectivity index (χ1n) is 7.33. The molecule has 2 rings (SSSR count). The molecule has 0 radical (unpaired) electrons. The van der Waals surface area contributed by atoms with Gasteiger partial charge in [0.1, 0.15) is 5.75 Å². The van der Waals surface area contributed by atoms with E-state index in [0.29, 0.717) is 6.42 Å². The maximum atomic E-state index is 11.9. The summed E-state index contributed by atoms with van der Waals surface area (Å²) in [6, 6.07) is 6.71. The Morgan fingerprint density at radius 3 is 2.61 bits per heavy atom. The Labute approximate surface area is 137 Å². The number of allylic oxidation sites excluding steroid dienone is 1. The van der Waals surface area contributed by atoms with Crippen LogP contribution in [0.2, 0.25) is 0 Å². The predicted molar refractivity (Wildman–Crippen MR) is 89.8 cm³/mol. The van der Waals surface area contributed by atoms with E-state index >= 15 is 0 Å². The van der Waals surface area contributed by atoms with Crippen molar-refractivity contribution >= 4 is 21.3 Å². The molecule has 122 valence electrons. The van der Waals surface area contributed by atoms with Gasteiger partial charge in [0.2, 0.25) is 5.91 Å². The first kappa shape index (κ1) is 17.3. The van der Waals surface area contributed by atoms with Crippen LogP contribution in [0.25, 0.3) is 5.57 Å². The molecule has 1 aliphatic heterocycles. The molecule has 0 bridgehead atoms. The van der Waals surface area contributed by atoms with Crippen molar-refractivity contribution in [3.05, 3.63) is 35.9 Å². The zero-order chi connectivity index (χ0) is 17.0. The number of hydrogen-bond donors (Lipinski definition) is 2. The van der Waals surface area contributed by atoms with Gasteiger partial charge in [-0.15, -0.1) is 6.42 Å². The highest BCUT2D eigenvalue weighted by Crippen LogP contribution is 2.21. The van der Waals surface area contributed by atoms with E-state index in [1.807, 2.05) is 19.9 Å². The van der Waals surface area contributed by atoms with Gasteiger partial charge in [-0.2, -0.15) is 0 Å². The Kier molecular flexibility index (Phi) is 5.24. The largest absolute Gasteiger partial charge is 0.291 e. The maximum absolute atomic E-state index is 11.9. The SMILES string of the molecule is C#CCS(=O)(=O)c1ccc(/C(C)=C/C2NNC(=O)CC2C)cc1. The highest BCUT2D eigenvalue weighted by atomic mass is 32.2. The molecule has 5 nitrogen and oxygen atoms in total. The van der Waals surface area contributed by atoms with Crippen molar-refractivity contribution in [2.45, 2.75) is 31.2 Å². The lowest BCUT2D eigenvalue weighted by atomic mass is 9.93. The smallest absolute Gasteiger partial charge is 0.234 e. The number of hydrazine groups is 1. The van der Waals surface area contributed by atoms with E-state index in [4.69, 9.17) is 6.42 Å². The van der Waals surface area contributed by atoms with Gasteiger partial charge in [-0.1, -0.05) is 31.1 Å². The summed E-state index contributed by atoms with van der Waals surface area (Å²) in [5, 5.41) is 0. The lowest BCUT2D eigenvalue weighted by molar-refractivity contribution is -0.125. The zero-order valence-electron chi connectivity index (χ0n) is 13.2. The predicted octanol–water partition coefficient (Wildman–Crippen LogP) is 1.53. The number of amides is 1. The van der Waals surface area contributed by atoms with Crippen LogP contribution in [0.4, 0.5) is 0 Å². The fraction of sp³-hybridized carbons (Fsp3) is 0.353. The van der Waals surface area contributed by atoms with Crippen LogP contribution in [0, 0.1) is 18.3 Å². The van der Waals surface area contributed by atoms with Crippen LogP contribution in [-0.2, 0) is 14.6 Å². The van der Waals surface area contributed by atoms with Crippen molar-refractivity contribution in [3.8, 4) is 12.3 Å². The van der Waals surface area contributed by atoms with Crippen molar-refractivity contribution in [1.82, 2.24) is 10.9 Å². The second kappa shape index (κ2) is 6.99. The van der Waals surface area contributed by atoms with Crippen LogP contribution in [0.15, 0.2) is 35.2 Å². The molecule has 2 atom stereocenters. The molecule has 1 aromatic rings. The van der Waals surface area contributed by atoms with Crippen molar-refractivity contribution in [3.63, 3.8) is 0 Å². The fourth-order valence-electron chi connectivity index (χ4n) is 2.47. The fourth-order valence-corrected chi connectivity index (χ4v) is 3.40. The van der Waals surface area contributed by atoms with E-state index in [1.165, 1.54) is 0 Å². The highest BCUT2D eigenvalue weighted by molar-refractivity contribution is 7.91. The first-order chi connectivity index (χ1) is 10.8. The second-order valence-corrected chi connectivity index (χ2v) is 7.73. The van der Waals surface area contributed by atoms with E-state index in [2.05, 4.69) is 16.8 Å². The number of carbonyl (C=O) groups is 1. The molecule has 1 saturated heterocycles. The van der Waals surface area contributed by atoms with E-state index in [9.17, 15) is 13.2 Å². The third-order valence-electron chi connectivity index (χ3n) is 3.87. The van der Waals surface area contributed by atoms with Gasteiger partial charge in [0.05, 0.1) is 4.90 Å². The molecule has 1 heterocycles. The minimum absolute atomic E-state index is 0.0112. The Morgan fingerprint density at radius 2 is 2.04 bits per heavy atom. The molecular weight excluding hydrogens is 312 g/mol. The van der Waals surface area contributed by atoms with Gasteiger partial charge in [0, 0.05) is 12.5 Å². The van der Waals surface area contributed by atoms with Crippen LogP contribution in [0.5, 0.6) is 0 Å². The summed E-state index contributed by atoms with van der Waals surface area (Å²) >= 11 is 0. The summed E-state index contributed by atoms with van der Waals surface area (Å²) < 4.78 is 23.8. The normalized spacial score (nSPS) is 22.3. The number of nitrogens with one attached hydrogen (secondary N) is 2. The number of terminal acetylenes is 1. The summed E-state index contributed by atoms with van der Waals surface area (Å²) in [7, 11) is -3.41. The van der Waals surface area contributed by atoms with E-state index in [0.717, 1.165) is 11.1 Å². The molecule has 0 saturated carbocycles. The van der Waals surface area contributed by atoms with Gasteiger partial charge in [0.25, 0.3) is 0 Å². The first-order valence-corrected chi connectivity index (χ1v) is 8.98. The minimum atomic E-state index is -3.41. The van der Waals surface area contributed by atoms with Crippen molar-refractivity contribution in [2.24, 2.45) is 5.92 Å². The molecule has 0 spiro atoms. The number of benzene rings is 1. The quantitative estimate of drug-likeness (QED) is 0.820. The zero-order valence-corrected chi connectivity index (χ0v) is 14.0. The Hall–Kier alpha value is -2.10. The van der Waals surface area contributed by atoms with E-state index < -0.39 is 9.84 Å². The van der Waals surface area contributed by atoms with Gasteiger partial charge < -0.3 is 0 Å². The van der Waals surface area contributed by atoms with Crippen LogP contribution in [0.3, 0.4) is 0 Å². The summed E-state index contributed by atoms with van der Waals surface area (Å²) in [5.41, 5.74) is 7.54. The summed E-state index contributed by atoms with van der Waals surface area (Å²) in [6.45, 7) is 3.96. The third-order valence-corrected chi connectivity index (χ3v) is 5.41. The van der Waals surface area contributed by atoms with Gasteiger partial charge in [0.15, 0.2) is 9.84 Å². The number of sulfone groups is 1. The third kappa shape index (κ3) is 4.21. The molecule has 23 heavy (non-hydrogen) atoms. The lowest BCUT2D eigenvalue weighted by Crippen LogP contribution is -2.52. The molecule has 1 aliphatic rings. The van der Waals surface area contributed by atoms with Crippen molar-refractivity contribution < 1.29 is 13.2 Å². The maximum Gasteiger partial charge on any atom is 0.234 e. The van der Waals surface area contributed by atoms with Crippen molar-refractivity contribution in [2.75, 3.05) is 5.75 Å². The lowest BCUT2D eigenvalue weighted by Gasteiger charge is -2.28. The van der Waals surface area contributed by atoms with Crippen LogP contribution in [-0.4, -0.2) is 26.1 Å². The summed E-state index contributed by atoms with van der Waals surface area (Å²) in [5.74, 6) is 2.04. The van der Waals surface area contributed by atoms with E-state index in [1.54, 1.807) is 24.3 Å². The highest BCUT2D eigenvalue weighted by Gasteiger charge is 2.23. The Morgan fingerprint density at radius 1 is 1.39 bits per heavy atom. The summed E-state index contributed by atoms with van der Waals surface area (Å²) in [6.07, 6.45) is 7.60. The van der Waals surface area contributed by atoms with E-state index in [-0.39, 0.29) is 28.5 Å². The van der Waals surface area contributed by atoms with Crippen LogP contribution < -0.4 is 10.9 Å². The molecule has 2 unspecified atom stereocenters. The molecule has 2 N–H and O–H groups in total. The number of hydrogen-bond acceptors (Lipinski definition) is 4. The Bertz CT molecular complexity index is 758. The molecule has 1 amide bonds. The average Bonchev–Trinajstić information content (AvgIpc) is 2.50. The number of rotatable bonds is 4. The topological polar surface area (TPSA) is 75.3 Å². The summed E-state index contributed by atoms with van der Waals surface area (Å²) in [4.78, 5) is 11.5. The number of carbonyl (C=O) groups excluding carboxylic acids is 1. The average molecular weight is 332 g/mol. The van der Waals surface area contributed by atoms with Crippen LogP contribution >= 0.6 is 0 Å². The Balaban J connectivity index is 2.17. The monoisotopic (exact) mass is 332 g/mol. The molecule has 1 aromatic carbocycles. The second-order valence-electron chi connectivity index (χ2n) is 5.74. The molecule has 6 heteroatoms. The molecule has 0 aliphatic carbocycles. The van der Waals surface area contributed by atoms with Gasteiger partial charge in [-0.3, -0.25) is 10.2 Å². The molecular formula is C17H20N2O3S. The standard InChI is InChI=1S/C17H20N2O3S/c1-4-9-23(21,22)15-7-5-14(6-8-15)12(2)10-16-13(3)11-17(20)19-18-16/h1,5-8,10,13,16,18H,9,11H2,2-3H3,(H,19,20)/b12-10+. The van der Waals surface area contributed by atoms with Gasteiger partial charge in [-0.25, -0.2) is 13.8 Å².